The van der Waals surface area contributed by atoms with Crippen LogP contribution in [0.4, 0.5) is 0 Å². The molecule has 1 fully saturated rings. The van der Waals surface area contributed by atoms with Gasteiger partial charge >= 0.3 is 5.91 Å². The van der Waals surface area contributed by atoms with Crippen LogP contribution in [0.2, 0.25) is 0 Å². The van der Waals surface area contributed by atoms with Crippen LogP contribution in [-0.4, -0.2) is 85.7 Å². The molecule has 3 aliphatic carbocycles. The van der Waals surface area contributed by atoms with Crippen LogP contribution in [0.25, 0.3) is 5.76 Å². The molecule has 0 aromatic heterocycles. The number of ketones is 2. The van der Waals surface area contributed by atoms with Gasteiger partial charge in [0.05, 0.1) is 23.6 Å². The second-order valence-corrected chi connectivity index (χ2v) is 11.2. The maximum Gasteiger partial charge on any atom is 0.348 e. The summed E-state index contributed by atoms with van der Waals surface area (Å²) < 4.78 is 0. The highest BCUT2D eigenvalue weighted by Gasteiger charge is 2.68. The van der Waals surface area contributed by atoms with E-state index in [0.717, 1.165) is 0 Å². The van der Waals surface area contributed by atoms with Gasteiger partial charge in [-0.05, 0) is 37.7 Å². The number of aromatic hydroxyl groups is 1. The number of carbonyl (C=O) groups is 4. The first-order valence-electron chi connectivity index (χ1n) is 13.3. The van der Waals surface area contributed by atoms with Crippen molar-refractivity contribution in [2.75, 3.05) is 14.1 Å². The SMILES string of the molecule is CC1c2ccc(CNC(=O)c3ccccc3)c(O)c2C(O)=C2C(=O)C3(O)C(O)=C(C([NH3+])=O)C(=O)C(N(C)C)C3C(O)C21. The van der Waals surface area contributed by atoms with E-state index < -0.39 is 87.3 Å². The Bertz CT molecular complexity index is 1600. The van der Waals surface area contributed by atoms with Crippen LogP contribution in [0.3, 0.4) is 0 Å². The summed E-state index contributed by atoms with van der Waals surface area (Å²) in [6.45, 7) is 1.53. The number of likely N-dealkylation sites (N-methyl/N-ethyl adjacent to an activating group) is 1. The van der Waals surface area contributed by atoms with E-state index in [0.29, 0.717) is 11.1 Å². The summed E-state index contributed by atoms with van der Waals surface area (Å²) in [5.41, 5.74) is -0.227. The molecular formula is C30H32N3O9+. The standard InChI is InChI=1S/C30H31N3O9/c1-12-15-10-9-14(11-32-29(41)13-7-5-4-6-8-13)22(34)17(15)23(35)18-16(12)24(36)20-21(33(2)3)25(37)19(28(31)40)27(39)30(20,42)26(18)38/h4-10,12,16,20-21,24,34-36,39,42H,11H2,1-3H3,(H2,31,40)(H,32,41)/p+1. The van der Waals surface area contributed by atoms with Crippen molar-refractivity contribution in [2.45, 2.75) is 37.1 Å². The van der Waals surface area contributed by atoms with Gasteiger partial charge in [-0.15, -0.1) is 0 Å². The van der Waals surface area contributed by atoms with Gasteiger partial charge in [0.1, 0.15) is 11.5 Å². The fourth-order valence-electron chi connectivity index (χ4n) is 6.70. The van der Waals surface area contributed by atoms with E-state index in [1.54, 1.807) is 49.4 Å². The van der Waals surface area contributed by atoms with Crippen molar-refractivity contribution in [1.29, 1.82) is 0 Å². The van der Waals surface area contributed by atoms with E-state index in [1.807, 2.05) is 0 Å². The molecule has 0 bridgehead atoms. The minimum absolute atomic E-state index is 0.124. The number of hydrogen-bond donors (Lipinski definition) is 7. The van der Waals surface area contributed by atoms with Gasteiger partial charge < -0.3 is 30.8 Å². The smallest absolute Gasteiger partial charge is 0.348 e. The quantitative estimate of drug-likeness (QED) is 0.230. The highest BCUT2D eigenvalue weighted by molar-refractivity contribution is 6.22. The number of benzene rings is 2. The normalized spacial score (nSPS) is 28.8. The van der Waals surface area contributed by atoms with Crippen LogP contribution < -0.4 is 11.1 Å². The molecule has 0 saturated heterocycles. The van der Waals surface area contributed by atoms with Gasteiger partial charge in [0.15, 0.2) is 22.7 Å². The fraction of sp³-hybridized carbons (Fsp3) is 0.333. The second-order valence-electron chi connectivity index (χ2n) is 11.2. The molecule has 2 aromatic rings. The molecule has 12 heteroatoms. The lowest BCUT2D eigenvalue weighted by Gasteiger charge is -2.53. The van der Waals surface area contributed by atoms with Crippen molar-refractivity contribution < 1.29 is 50.4 Å². The predicted octanol–water partition coefficient (Wildman–Crippen LogP) is -0.291. The number of amides is 2. The van der Waals surface area contributed by atoms with Gasteiger partial charge in [0.25, 0.3) is 5.91 Å². The Morgan fingerprint density at radius 2 is 1.69 bits per heavy atom. The Morgan fingerprint density at radius 1 is 1.05 bits per heavy atom. The van der Waals surface area contributed by atoms with Gasteiger partial charge in [-0.2, -0.15) is 0 Å². The zero-order chi connectivity index (χ0) is 30.8. The maximum atomic E-state index is 14.1. The number of carbonyl (C=O) groups excluding carboxylic acids is 4. The molecule has 6 atom stereocenters. The van der Waals surface area contributed by atoms with Crippen LogP contribution >= 0.6 is 0 Å². The molecule has 42 heavy (non-hydrogen) atoms. The first kappa shape index (κ1) is 29.1. The van der Waals surface area contributed by atoms with E-state index in [2.05, 4.69) is 11.1 Å². The molecule has 0 spiro atoms. The lowest BCUT2D eigenvalue weighted by atomic mass is 9.54. The molecule has 0 heterocycles. The molecule has 0 radical (unpaired) electrons. The van der Waals surface area contributed by atoms with Gasteiger partial charge in [-0.1, -0.05) is 37.3 Å². The average Bonchev–Trinajstić information content (AvgIpc) is 2.94. The molecule has 220 valence electrons. The van der Waals surface area contributed by atoms with Crippen LogP contribution in [-0.2, 0) is 20.9 Å². The summed E-state index contributed by atoms with van der Waals surface area (Å²) in [5, 5.41) is 59.8. The van der Waals surface area contributed by atoms with Crippen molar-refractivity contribution in [3.63, 3.8) is 0 Å². The first-order chi connectivity index (χ1) is 19.7. The van der Waals surface area contributed by atoms with Crippen LogP contribution in [0.15, 0.2) is 59.4 Å². The van der Waals surface area contributed by atoms with Gasteiger partial charge in [0.2, 0.25) is 5.78 Å². The number of aliphatic hydroxyl groups excluding tert-OH is 3. The van der Waals surface area contributed by atoms with Crippen molar-refractivity contribution in [1.82, 2.24) is 10.2 Å². The number of quaternary nitrogens is 1. The monoisotopic (exact) mass is 578 g/mol. The summed E-state index contributed by atoms with van der Waals surface area (Å²) in [4.78, 5) is 53.5. The van der Waals surface area contributed by atoms with Crippen molar-refractivity contribution >= 4 is 29.1 Å². The third-order valence-corrected chi connectivity index (χ3v) is 8.72. The van der Waals surface area contributed by atoms with E-state index in [4.69, 9.17) is 0 Å². The fourth-order valence-corrected chi connectivity index (χ4v) is 6.70. The Balaban J connectivity index is 1.63. The van der Waals surface area contributed by atoms with E-state index in [1.165, 1.54) is 19.0 Å². The zero-order valence-electron chi connectivity index (χ0n) is 23.2. The molecule has 2 aromatic carbocycles. The van der Waals surface area contributed by atoms with Gasteiger partial charge in [0, 0.05) is 29.2 Å². The van der Waals surface area contributed by atoms with Crippen molar-refractivity contribution in [3.8, 4) is 5.75 Å². The summed E-state index contributed by atoms with van der Waals surface area (Å²) in [6.07, 6.45) is -1.65. The maximum absolute atomic E-state index is 14.1. The first-order valence-corrected chi connectivity index (χ1v) is 13.3. The number of phenolic OH excluding ortho intramolecular Hbond substituents is 1. The summed E-state index contributed by atoms with van der Waals surface area (Å²) in [6, 6.07) is 10.2. The highest BCUT2D eigenvalue weighted by Crippen LogP contribution is 2.56. The van der Waals surface area contributed by atoms with Crippen molar-refractivity contribution in [3.05, 3.63) is 81.6 Å². The van der Waals surface area contributed by atoms with Gasteiger partial charge in [-0.25, -0.2) is 4.79 Å². The third-order valence-electron chi connectivity index (χ3n) is 8.72. The number of phenols is 1. The van der Waals surface area contributed by atoms with E-state index in [-0.39, 0.29) is 17.7 Å². The van der Waals surface area contributed by atoms with Crippen LogP contribution in [0.5, 0.6) is 5.75 Å². The van der Waals surface area contributed by atoms with Gasteiger partial charge in [-0.3, -0.25) is 25.0 Å². The van der Waals surface area contributed by atoms with E-state index in [9.17, 15) is 44.7 Å². The Labute approximate surface area is 240 Å². The molecule has 12 nitrogen and oxygen atoms in total. The molecular weight excluding hydrogens is 546 g/mol. The molecule has 1 saturated carbocycles. The molecule has 9 N–H and O–H groups in total. The second kappa shape index (κ2) is 10.2. The number of nitrogens with zero attached hydrogens (tertiary/aromatic N) is 1. The van der Waals surface area contributed by atoms with Crippen LogP contribution in [0.1, 0.15) is 39.9 Å². The minimum atomic E-state index is -2.95. The predicted molar refractivity (Wildman–Crippen MR) is 147 cm³/mol. The number of aliphatic hydroxyl groups is 4. The number of Topliss-reactive ketones (excluding diaryl/α,β-unsaturated/α-hetero) is 2. The molecule has 0 aliphatic heterocycles. The van der Waals surface area contributed by atoms with Crippen molar-refractivity contribution in [2.24, 2.45) is 11.8 Å². The zero-order valence-corrected chi connectivity index (χ0v) is 23.2. The molecule has 5 rings (SSSR count). The molecule has 2 amide bonds. The Kier molecular flexibility index (Phi) is 7.06. The summed E-state index contributed by atoms with van der Waals surface area (Å²) in [5.74, 6) is -9.48. The highest BCUT2D eigenvalue weighted by atomic mass is 16.4. The Hall–Kier alpha value is -4.36. The number of nitrogens with one attached hydrogen (secondary N) is 1. The number of hydrogen-bond acceptors (Lipinski definition) is 10. The average molecular weight is 579 g/mol. The third kappa shape index (κ3) is 3.98. The topological polar surface area (TPSA) is 212 Å². The van der Waals surface area contributed by atoms with Crippen LogP contribution in [0, 0.1) is 11.8 Å². The lowest BCUT2D eigenvalue weighted by molar-refractivity contribution is -0.299. The molecule has 6 unspecified atom stereocenters. The summed E-state index contributed by atoms with van der Waals surface area (Å²) >= 11 is 0. The summed E-state index contributed by atoms with van der Waals surface area (Å²) in [7, 11) is 2.93. The molecule has 3 aliphatic rings. The number of rotatable bonds is 5. The number of fused-ring (bicyclic) bond motifs is 3. The van der Waals surface area contributed by atoms with E-state index >= 15 is 0 Å². The lowest BCUT2D eigenvalue weighted by Crippen LogP contribution is -2.72. The largest absolute Gasteiger partial charge is 0.508 e. The Morgan fingerprint density at radius 3 is 2.29 bits per heavy atom. The minimum Gasteiger partial charge on any atom is -0.508 e.